The van der Waals surface area contributed by atoms with Crippen LogP contribution >= 0.6 is 0 Å². The topological polar surface area (TPSA) is 52.0 Å². The summed E-state index contributed by atoms with van der Waals surface area (Å²) in [6.45, 7) is 1.35. The maximum Gasteiger partial charge on any atom is 0.182 e. The van der Waals surface area contributed by atoms with Crippen molar-refractivity contribution in [3.63, 3.8) is 0 Å². The predicted molar refractivity (Wildman–Crippen MR) is 38.7 cm³/mol. The lowest BCUT2D eigenvalue weighted by atomic mass is 9.94. The lowest BCUT2D eigenvalue weighted by Gasteiger charge is -2.22. The molecule has 68 valence electrons. The van der Waals surface area contributed by atoms with E-state index in [1.54, 1.807) is 0 Å². The molecule has 2 atom stereocenters. The quantitative estimate of drug-likeness (QED) is 0.586. The van der Waals surface area contributed by atoms with Gasteiger partial charge in [-0.1, -0.05) is 6.92 Å². The zero-order valence-corrected chi connectivity index (χ0v) is 6.44. The van der Waals surface area contributed by atoms with Gasteiger partial charge in [0.2, 0.25) is 0 Å². The fourth-order valence-corrected chi connectivity index (χ4v) is 0.999. The van der Waals surface area contributed by atoms with Crippen LogP contribution in [0.25, 0.3) is 0 Å². The standard InChI is InChI=1S/C7H9F3N2/c1-2-3(8)4(9)5(10)7(12)6(2)11/h2-3H,11-12H2,1H3. The predicted octanol–water partition coefficient (Wildman–Crippen LogP) is 1.25. The summed E-state index contributed by atoms with van der Waals surface area (Å²) in [7, 11) is 0. The fourth-order valence-electron chi connectivity index (χ4n) is 0.999. The second-order valence-electron chi connectivity index (χ2n) is 2.72. The highest BCUT2D eigenvalue weighted by molar-refractivity contribution is 5.36. The second-order valence-corrected chi connectivity index (χ2v) is 2.72. The molecular formula is C7H9F3N2. The van der Waals surface area contributed by atoms with Crippen molar-refractivity contribution in [2.45, 2.75) is 13.1 Å². The van der Waals surface area contributed by atoms with Crippen molar-refractivity contribution in [2.75, 3.05) is 0 Å². The molecule has 1 aliphatic carbocycles. The molecule has 0 aromatic rings. The van der Waals surface area contributed by atoms with Gasteiger partial charge < -0.3 is 11.5 Å². The van der Waals surface area contributed by atoms with E-state index in [-0.39, 0.29) is 5.70 Å². The van der Waals surface area contributed by atoms with Gasteiger partial charge in [0, 0.05) is 11.6 Å². The molecule has 0 aliphatic heterocycles. The summed E-state index contributed by atoms with van der Waals surface area (Å²) in [5.74, 6) is -3.74. The number of hydrogen-bond donors (Lipinski definition) is 2. The van der Waals surface area contributed by atoms with Crippen LogP contribution in [0.2, 0.25) is 0 Å². The Kier molecular flexibility index (Phi) is 2.04. The summed E-state index contributed by atoms with van der Waals surface area (Å²) in [4.78, 5) is 0. The number of hydrogen-bond acceptors (Lipinski definition) is 2. The van der Waals surface area contributed by atoms with E-state index in [1.807, 2.05) is 0 Å². The van der Waals surface area contributed by atoms with Gasteiger partial charge in [0.15, 0.2) is 17.8 Å². The van der Waals surface area contributed by atoms with Crippen LogP contribution in [0.4, 0.5) is 13.2 Å². The molecular weight excluding hydrogens is 169 g/mol. The first-order chi connectivity index (χ1) is 5.46. The van der Waals surface area contributed by atoms with Crippen molar-refractivity contribution < 1.29 is 13.2 Å². The molecule has 0 saturated carbocycles. The van der Waals surface area contributed by atoms with E-state index in [2.05, 4.69) is 0 Å². The summed E-state index contributed by atoms with van der Waals surface area (Å²) in [6, 6.07) is 0. The Bertz CT molecular complexity index is 242. The highest BCUT2D eigenvalue weighted by atomic mass is 19.2. The van der Waals surface area contributed by atoms with Gasteiger partial charge in [0.25, 0.3) is 0 Å². The van der Waals surface area contributed by atoms with Crippen LogP contribution in [0, 0.1) is 5.92 Å². The number of nitrogens with two attached hydrogens (primary N) is 2. The third-order valence-electron chi connectivity index (χ3n) is 1.93. The Balaban J connectivity index is 3.18. The highest BCUT2D eigenvalue weighted by Crippen LogP contribution is 2.33. The van der Waals surface area contributed by atoms with Crippen molar-refractivity contribution in [2.24, 2.45) is 17.4 Å². The maximum absolute atomic E-state index is 12.8. The summed E-state index contributed by atoms with van der Waals surface area (Å²) in [6.07, 6.45) is -2.02. The number of alkyl halides is 1. The summed E-state index contributed by atoms with van der Waals surface area (Å²) in [5, 5.41) is 0. The van der Waals surface area contributed by atoms with Crippen LogP contribution in [0.3, 0.4) is 0 Å². The van der Waals surface area contributed by atoms with Crippen molar-refractivity contribution in [1.82, 2.24) is 0 Å². The van der Waals surface area contributed by atoms with Gasteiger partial charge in [-0.2, -0.15) is 0 Å². The van der Waals surface area contributed by atoms with Crippen LogP contribution in [0.1, 0.15) is 6.92 Å². The van der Waals surface area contributed by atoms with E-state index in [9.17, 15) is 13.2 Å². The average molecular weight is 178 g/mol. The Morgan fingerprint density at radius 1 is 1.25 bits per heavy atom. The van der Waals surface area contributed by atoms with Gasteiger partial charge in [-0.05, 0) is 0 Å². The zero-order chi connectivity index (χ0) is 9.46. The number of halogens is 3. The summed E-state index contributed by atoms with van der Waals surface area (Å²) < 4.78 is 38.1. The first-order valence-corrected chi connectivity index (χ1v) is 3.41. The third kappa shape index (κ3) is 1.05. The van der Waals surface area contributed by atoms with Gasteiger partial charge in [-0.15, -0.1) is 0 Å². The first-order valence-electron chi connectivity index (χ1n) is 3.41. The molecule has 0 fully saturated rings. The summed E-state index contributed by atoms with van der Waals surface area (Å²) >= 11 is 0. The molecule has 12 heavy (non-hydrogen) atoms. The van der Waals surface area contributed by atoms with E-state index in [0.29, 0.717) is 0 Å². The minimum Gasteiger partial charge on any atom is -0.400 e. The normalized spacial score (nSPS) is 31.3. The smallest absolute Gasteiger partial charge is 0.182 e. The molecule has 4 N–H and O–H groups in total. The molecule has 0 aromatic heterocycles. The van der Waals surface area contributed by atoms with E-state index in [4.69, 9.17) is 11.5 Å². The average Bonchev–Trinajstić information content (AvgIpc) is 2.08. The molecule has 2 nitrogen and oxygen atoms in total. The van der Waals surface area contributed by atoms with Crippen LogP contribution < -0.4 is 11.5 Å². The van der Waals surface area contributed by atoms with E-state index in [0.717, 1.165) is 0 Å². The molecule has 0 spiro atoms. The van der Waals surface area contributed by atoms with Crippen molar-refractivity contribution in [3.05, 3.63) is 23.0 Å². The van der Waals surface area contributed by atoms with Gasteiger partial charge >= 0.3 is 0 Å². The summed E-state index contributed by atoms with van der Waals surface area (Å²) in [5.41, 5.74) is 9.69. The lowest BCUT2D eigenvalue weighted by molar-refractivity contribution is 0.247. The lowest BCUT2D eigenvalue weighted by Crippen LogP contribution is -2.29. The zero-order valence-electron chi connectivity index (χ0n) is 6.44. The third-order valence-corrected chi connectivity index (χ3v) is 1.93. The van der Waals surface area contributed by atoms with E-state index in [1.165, 1.54) is 6.92 Å². The first kappa shape index (κ1) is 8.96. The van der Waals surface area contributed by atoms with Crippen molar-refractivity contribution in [1.29, 1.82) is 0 Å². The SMILES string of the molecule is CC1C(N)=C(N)C(F)=C(F)C1F. The van der Waals surface area contributed by atoms with Crippen LogP contribution in [-0.2, 0) is 0 Å². The van der Waals surface area contributed by atoms with Crippen molar-refractivity contribution >= 4 is 0 Å². The number of rotatable bonds is 0. The molecule has 0 radical (unpaired) electrons. The molecule has 0 aromatic carbocycles. The largest absolute Gasteiger partial charge is 0.400 e. The monoisotopic (exact) mass is 178 g/mol. The second kappa shape index (κ2) is 2.73. The van der Waals surface area contributed by atoms with E-state index < -0.39 is 29.4 Å². The van der Waals surface area contributed by atoms with Gasteiger partial charge in [-0.25, -0.2) is 13.2 Å². The minimum absolute atomic E-state index is 0.138. The molecule has 1 aliphatic rings. The molecule has 0 saturated heterocycles. The molecule has 1 rings (SSSR count). The molecule has 0 amide bonds. The number of allylic oxidation sites excluding steroid dienone is 3. The highest BCUT2D eigenvalue weighted by Gasteiger charge is 2.33. The Labute approximate surface area is 67.7 Å². The molecule has 2 unspecified atom stereocenters. The van der Waals surface area contributed by atoms with Gasteiger partial charge in [0.1, 0.15) is 0 Å². The van der Waals surface area contributed by atoms with Gasteiger partial charge in [-0.3, -0.25) is 0 Å². The van der Waals surface area contributed by atoms with Crippen LogP contribution in [0.5, 0.6) is 0 Å². The van der Waals surface area contributed by atoms with Gasteiger partial charge in [0.05, 0.1) is 5.70 Å². The Morgan fingerprint density at radius 3 is 2.25 bits per heavy atom. The Morgan fingerprint density at radius 2 is 1.75 bits per heavy atom. The fraction of sp³-hybridized carbons (Fsp3) is 0.429. The Hall–Kier alpha value is -1.13. The van der Waals surface area contributed by atoms with Crippen LogP contribution in [-0.4, -0.2) is 6.17 Å². The maximum atomic E-state index is 12.8. The van der Waals surface area contributed by atoms with Crippen molar-refractivity contribution in [3.8, 4) is 0 Å². The molecule has 5 heteroatoms. The van der Waals surface area contributed by atoms with Crippen LogP contribution in [0.15, 0.2) is 23.0 Å². The minimum atomic E-state index is -2.02. The molecule has 0 bridgehead atoms. The molecule has 0 heterocycles. The van der Waals surface area contributed by atoms with E-state index >= 15 is 0 Å².